The van der Waals surface area contributed by atoms with Gasteiger partial charge in [0, 0.05) is 0 Å². The van der Waals surface area contributed by atoms with Crippen LogP contribution in [0.3, 0.4) is 0 Å². The molecule has 6 N–H and O–H groups in total. The molecule has 0 aromatic heterocycles. The van der Waals surface area contributed by atoms with Gasteiger partial charge in [-0.15, -0.1) is 0 Å². The third-order valence-corrected chi connectivity index (χ3v) is 3.09. The molecule has 1 rings (SSSR count). The summed E-state index contributed by atoms with van der Waals surface area (Å²) < 4.78 is 13.3. The number of carbonyl (C=O) groups is 1. The molecule has 0 unspecified atom stereocenters. The largest absolute Gasteiger partial charge is 0.477 e. The van der Waals surface area contributed by atoms with Gasteiger partial charge >= 0.3 is 5.97 Å². The van der Waals surface area contributed by atoms with Crippen LogP contribution in [-0.2, 0) is 4.79 Å². The Morgan fingerprint density at radius 1 is 1.40 bits per heavy atom. The second kappa shape index (κ2) is 11.6. The first-order valence-electron chi connectivity index (χ1n) is 7.34. The number of aliphatic hydroxyl groups is 1. The van der Waals surface area contributed by atoms with E-state index in [2.05, 4.69) is 6.58 Å². The van der Waals surface area contributed by atoms with Crippen LogP contribution in [-0.4, -0.2) is 22.8 Å². The third kappa shape index (κ3) is 7.47. The number of aliphatic hydroxyl groups excluding tert-OH is 1. The summed E-state index contributed by atoms with van der Waals surface area (Å²) >= 11 is 0. The minimum Gasteiger partial charge on any atom is -0.477 e. The zero-order valence-corrected chi connectivity index (χ0v) is 14.3. The summed E-state index contributed by atoms with van der Waals surface area (Å²) in [6.45, 7) is 6.89. The molecule has 0 radical (unpaired) electrons. The van der Waals surface area contributed by atoms with Crippen molar-refractivity contribution in [2.45, 2.75) is 13.8 Å². The third-order valence-electron chi connectivity index (χ3n) is 3.09. The number of hydrogen-bond donors (Lipinski definition) is 4. The van der Waals surface area contributed by atoms with Crippen molar-refractivity contribution in [3.63, 3.8) is 0 Å². The van der Waals surface area contributed by atoms with Crippen molar-refractivity contribution in [2.24, 2.45) is 11.6 Å². The second-order valence-electron chi connectivity index (χ2n) is 4.74. The lowest BCUT2D eigenvalue weighted by atomic mass is 10.2. The Hall–Kier alpha value is -2.90. The van der Waals surface area contributed by atoms with Gasteiger partial charge in [0.25, 0.3) is 0 Å². The van der Waals surface area contributed by atoms with Gasteiger partial charge in [-0.2, -0.15) is 0 Å². The number of allylic oxidation sites excluding steroid dienone is 4. The van der Waals surface area contributed by atoms with Crippen molar-refractivity contribution in [1.82, 2.24) is 0 Å². The van der Waals surface area contributed by atoms with Gasteiger partial charge in [-0.1, -0.05) is 43.0 Å². The van der Waals surface area contributed by atoms with E-state index in [-0.39, 0.29) is 18.0 Å². The Morgan fingerprint density at radius 2 is 2.00 bits per heavy atom. The van der Waals surface area contributed by atoms with Crippen molar-refractivity contribution < 1.29 is 19.4 Å². The summed E-state index contributed by atoms with van der Waals surface area (Å²) in [6, 6.07) is 5.74. The minimum absolute atomic E-state index is 0.0594. The van der Waals surface area contributed by atoms with Gasteiger partial charge in [-0.05, 0) is 31.6 Å². The number of nitrogens with two attached hydrogens (primary N) is 2. The highest BCUT2D eigenvalue weighted by Gasteiger charge is 2.14. The van der Waals surface area contributed by atoms with Crippen LogP contribution < -0.4 is 16.6 Å². The first-order chi connectivity index (χ1) is 11.8. The van der Waals surface area contributed by atoms with Gasteiger partial charge in [0.05, 0.1) is 18.0 Å². The van der Waals surface area contributed by atoms with E-state index >= 15 is 0 Å². The fourth-order valence-electron chi connectivity index (χ4n) is 1.54. The van der Waals surface area contributed by atoms with E-state index in [9.17, 15) is 9.18 Å². The molecule has 7 heteroatoms. The summed E-state index contributed by atoms with van der Waals surface area (Å²) in [6.07, 6.45) is 7.16. The van der Waals surface area contributed by atoms with Gasteiger partial charge in [0.15, 0.2) is 0 Å². The lowest BCUT2D eigenvalue weighted by molar-refractivity contribution is -0.132. The molecule has 0 aliphatic rings. The molecule has 0 aliphatic carbocycles. The molecule has 6 nitrogen and oxygen atoms in total. The van der Waals surface area contributed by atoms with Crippen molar-refractivity contribution >= 4 is 11.7 Å². The smallest absolute Gasteiger partial charge is 0.353 e. The Morgan fingerprint density at radius 3 is 2.44 bits per heavy atom. The number of para-hydroxylation sites is 1. The topological polar surface area (TPSA) is 113 Å². The summed E-state index contributed by atoms with van der Waals surface area (Å²) in [4.78, 5) is 10.6. The van der Waals surface area contributed by atoms with E-state index in [1.807, 2.05) is 19.1 Å². The Kier molecular flexibility index (Phi) is 10.3. The van der Waals surface area contributed by atoms with E-state index < -0.39 is 17.5 Å². The van der Waals surface area contributed by atoms with E-state index in [1.54, 1.807) is 18.2 Å². The lowest BCUT2D eigenvalue weighted by Crippen LogP contribution is -2.33. The van der Waals surface area contributed by atoms with Crippen LogP contribution in [0.4, 0.5) is 10.1 Å². The van der Waals surface area contributed by atoms with E-state index in [1.165, 1.54) is 25.1 Å². The fraction of sp³-hybridized carbons (Fsp3) is 0.167. The standard InChI is InChI=1S/C10H12FN3O2.C8H12O/c1-6(9(12)10(15)16)14(13)8-5-3-2-4-7(8)11;1-3-5-6-8(4-2)7-9/h2-5H,12-13H2,1H3,(H,15,16);3-6,9H,1,7H2,2H3/b9-6-;6-5-,8-4+. The van der Waals surface area contributed by atoms with Crippen LogP contribution in [0.15, 0.2) is 72.1 Å². The number of nitrogens with zero attached hydrogens (tertiary/aromatic N) is 1. The second-order valence-corrected chi connectivity index (χ2v) is 4.74. The molecule has 0 saturated heterocycles. The predicted molar refractivity (Wildman–Crippen MR) is 97.8 cm³/mol. The van der Waals surface area contributed by atoms with E-state index in [0.717, 1.165) is 10.6 Å². The molecular weight excluding hydrogens is 325 g/mol. The van der Waals surface area contributed by atoms with Gasteiger partial charge in [-0.3, -0.25) is 5.01 Å². The van der Waals surface area contributed by atoms with E-state index in [0.29, 0.717) is 0 Å². The maximum Gasteiger partial charge on any atom is 0.353 e. The number of rotatable bonds is 6. The van der Waals surface area contributed by atoms with Gasteiger partial charge in [0.1, 0.15) is 11.5 Å². The average Bonchev–Trinajstić information content (AvgIpc) is 2.61. The van der Waals surface area contributed by atoms with Gasteiger partial charge in [-0.25, -0.2) is 15.0 Å². The number of anilines is 1. The highest BCUT2D eigenvalue weighted by atomic mass is 19.1. The van der Waals surface area contributed by atoms with Crippen molar-refractivity contribution in [2.75, 3.05) is 11.6 Å². The highest BCUT2D eigenvalue weighted by molar-refractivity contribution is 5.87. The Balaban J connectivity index is 0.000000547. The number of carboxylic acid groups (broad SMARTS) is 1. The quantitative estimate of drug-likeness (QED) is 0.272. The summed E-state index contributed by atoms with van der Waals surface area (Å²) in [5.41, 5.74) is 5.90. The molecule has 0 aliphatic heterocycles. The predicted octanol–water partition coefficient (Wildman–Crippen LogP) is 2.45. The van der Waals surface area contributed by atoms with Crippen LogP contribution in [0.5, 0.6) is 0 Å². The molecule has 0 saturated carbocycles. The normalized spacial score (nSPS) is 12.1. The highest BCUT2D eigenvalue weighted by Crippen LogP contribution is 2.19. The number of carboxylic acids is 1. The monoisotopic (exact) mass is 349 g/mol. The zero-order valence-electron chi connectivity index (χ0n) is 14.3. The SMILES string of the molecule is C/C(=C(/N)C(=O)O)N(N)c1ccccc1F.C=C/C=C\C(=C/C)CO. The first-order valence-corrected chi connectivity index (χ1v) is 7.34. The average molecular weight is 349 g/mol. The molecule has 0 spiro atoms. The molecule has 1 aromatic carbocycles. The molecule has 25 heavy (non-hydrogen) atoms. The van der Waals surface area contributed by atoms with Crippen molar-refractivity contribution in [3.05, 3.63) is 77.9 Å². The van der Waals surface area contributed by atoms with Gasteiger partial charge < -0.3 is 15.9 Å². The summed E-state index contributed by atoms with van der Waals surface area (Å²) in [5.74, 6) is 3.72. The molecule has 1 aromatic rings. The van der Waals surface area contributed by atoms with Crippen LogP contribution in [0.25, 0.3) is 0 Å². The molecule has 136 valence electrons. The molecule has 0 heterocycles. The summed E-state index contributed by atoms with van der Waals surface area (Å²) in [7, 11) is 0. The van der Waals surface area contributed by atoms with Gasteiger partial charge in [0.2, 0.25) is 0 Å². The maximum atomic E-state index is 13.3. The number of hydrazine groups is 1. The Labute approximate surface area is 146 Å². The number of benzene rings is 1. The molecule has 0 atom stereocenters. The molecule has 0 fully saturated rings. The Bertz CT molecular complexity index is 682. The molecule has 0 bridgehead atoms. The number of halogens is 1. The van der Waals surface area contributed by atoms with Crippen molar-refractivity contribution in [1.29, 1.82) is 0 Å². The van der Waals surface area contributed by atoms with Crippen LogP contribution in [0.2, 0.25) is 0 Å². The van der Waals surface area contributed by atoms with Crippen LogP contribution in [0, 0.1) is 5.82 Å². The lowest BCUT2D eigenvalue weighted by Gasteiger charge is -2.20. The maximum absolute atomic E-state index is 13.3. The van der Waals surface area contributed by atoms with Crippen LogP contribution in [0.1, 0.15) is 13.8 Å². The first kappa shape index (κ1) is 22.1. The van der Waals surface area contributed by atoms with Crippen LogP contribution >= 0.6 is 0 Å². The molecule has 0 amide bonds. The molecular formula is C18H24FN3O3. The zero-order chi connectivity index (χ0) is 19.4. The summed E-state index contributed by atoms with van der Waals surface area (Å²) in [5, 5.41) is 18.2. The number of aliphatic carboxylic acids is 1. The van der Waals surface area contributed by atoms with Crippen molar-refractivity contribution in [3.8, 4) is 0 Å². The fourth-order valence-corrected chi connectivity index (χ4v) is 1.54. The van der Waals surface area contributed by atoms with E-state index in [4.69, 9.17) is 21.8 Å². The number of hydrogen-bond acceptors (Lipinski definition) is 5. The minimum atomic E-state index is -1.30.